The number of hydrogen-bond acceptors (Lipinski definition) is 5. The lowest BCUT2D eigenvalue weighted by atomic mass is 9.95. The van der Waals surface area contributed by atoms with Crippen molar-refractivity contribution in [3.05, 3.63) is 23.3 Å². The Hall–Kier alpha value is -1.15. The zero-order valence-corrected chi connectivity index (χ0v) is 13.2. The van der Waals surface area contributed by atoms with Crippen LogP contribution >= 0.6 is 0 Å². The van der Waals surface area contributed by atoms with Crippen LogP contribution in [0, 0.1) is 13.8 Å². The first kappa shape index (κ1) is 16.2. The summed E-state index contributed by atoms with van der Waals surface area (Å²) >= 11 is 0. The SMILES string of the molecule is Cc1cc(N)cc(C)c1S(=O)(=O)NCC1(O)CCOCC1. The first-order chi connectivity index (χ1) is 9.73. The molecule has 0 amide bonds. The molecule has 118 valence electrons. The number of nitrogen functional groups attached to an aromatic ring is 1. The molecule has 21 heavy (non-hydrogen) atoms. The molecule has 1 aliphatic heterocycles. The van der Waals surface area contributed by atoms with Crippen LogP contribution < -0.4 is 10.5 Å². The maximum Gasteiger partial charge on any atom is 0.241 e. The summed E-state index contributed by atoms with van der Waals surface area (Å²) in [5.41, 5.74) is 6.40. The predicted octanol–water partition coefficient (Wildman–Crippen LogP) is 0.705. The maximum atomic E-state index is 12.5. The molecule has 4 N–H and O–H groups in total. The minimum Gasteiger partial charge on any atom is -0.399 e. The molecule has 0 aromatic heterocycles. The second kappa shape index (κ2) is 5.92. The number of aliphatic hydroxyl groups is 1. The smallest absolute Gasteiger partial charge is 0.241 e. The molecule has 1 heterocycles. The van der Waals surface area contributed by atoms with Gasteiger partial charge in [-0.25, -0.2) is 13.1 Å². The van der Waals surface area contributed by atoms with Crippen molar-refractivity contribution in [3.63, 3.8) is 0 Å². The zero-order valence-electron chi connectivity index (χ0n) is 12.3. The summed E-state index contributed by atoms with van der Waals surface area (Å²) in [6, 6.07) is 3.26. The number of nitrogens with one attached hydrogen (secondary N) is 1. The molecule has 0 spiro atoms. The summed E-state index contributed by atoms with van der Waals surface area (Å²) in [5.74, 6) is 0. The summed E-state index contributed by atoms with van der Waals surface area (Å²) in [4.78, 5) is 0.229. The zero-order chi connectivity index (χ0) is 15.7. The van der Waals surface area contributed by atoms with E-state index in [0.717, 1.165) is 0 Å². The Morgan fingerprint density at radius 3 is 2.33 bits per heavy atom. The third-order valence-electron chi connectivity index (χ3n) is 3.77. The number of anilines is 1. The van der Waals surface area contributed by atoms with Crippen molar-refractivity contribution in [2.45, 2.75) is 37.2 Å². The van der Waals surface area contributed by atoms with Crippen molar-refractivity contribution in [1.82, 2.24) is 4.72 Å². The molecule has 2 rings (SSSR count). The minimum atomic E-state index is -3.68. The van der Waals surface area contributed by atoms with Crippen molar-refractivity contribution >= 4 is 15.7 Å². The number of nitrogens with two attached hydrogens (primary N) is 1. The first-order valence-corrected chi connectivity index (χ1v) is 8.38. The van der Waals surface area contributed by atoms with E-state index in [1.54, 1.807) is 26.0 Å². The van der Waals surface area contributed by atoms with Gasteiger partial charge in [-0.2, -0.15) is 0 Å². The van der Waals surface area contributed by atoms with Gasteiger partial charge in [0, 0.05) is 38.3 Å². The Morgan fingerprint density at radius 2 is 1.81 bits per heavy atom. The van der Waals surface area contributed by atoms with Gasteiger partial charge in [0.1, 0.15) is 0 Å². The van der Waals surface area contributed by atoms with E-state index >= 15 is 0 Å². The van der Waals surface area contributed by atoms with Gasteiger partial charge in [-0.1, -0.05) is 0 Å². The van der Waals surface area contributed by atoms with Crippen molar-refractivity contribution in [3.8, 4) is 0 Å². The van der Waals surface area contributed by atoms with Crippen LogP contribution in [0.3, 0.4) is 0 Å². The quantitative estimate of drug-likeness (QED) is 0.710. The van der Waals surface area contributed by atoms with Gasteiger partial charge in [-0.05, 0) is 37.1 Å². The third-order valence-corrected chi connectivity index (χ3v) is 5.47. The Bertz CT molecular complexity index is 599. The second-order valence-electron chi connectivity index (χ2n) is 5.65. The van der Waals surface area contributed by atoms with Gasteiger partial charge in [0.25, 0.3) is 0 Å². The number of hydrogen-bond donors (Lipinski definition) is 3. The molecule has 1 saturated heterocycles. The number of rotatable bonds is 4. The fraction of sp³-hybridized carbons (Fsp3) is 0.571. The number of sulfonamides is 1. The molecule has 6 nitrogen and oxygen atoms in total. The molecule has 0 atom stereocenters. The second-order valence-corrected chi connectivity index (χ2v) is 7.35. The summed E-state index contributed by atoms with van der Waals surface area (Å²) in [5, 5.41) is 10.3. The van der Waals surface area contributed by atoms with Crippen LogP contribution in [0.15, 0.2) is 17.0 Å². The fourth-order valence-corrected chi connectivity index (χ4v) is 4.21. The van der Waals surface area contributed by atoms with Crippen LogP contribution in [0.4, 0.5) is 5.69 Å². The standard InChI is InChI=1S/C14H22N2O4S/c1-10-7-12(15)8-11(2)13(10)21(18,19)16-9-14(17)3-5-20-6-4-14/h7-8,16-17H,3-6,9,15H2,1-2H3. The number of benzene rings is 1. The third kappa shape index (κ3) is 3.74. The maximum absolute atomic E-state index is 12.5. The van der Waals surface area contributed by atoms with Gasteiger partial charge >= 0.3 is 0 Å². The van der Waals surface area contributed by atoms with Crippen molar-refractivity contribution in [1.29, 1.82) is 0 Å². The van der Waals surface area contributed by atoms with E-state index < -0.39 is 15.6 Å². The molecule has 1 aromatic rings. The van der Waals surface area contributed by atoms with Gasteiger partial charge in [-0.15, -0.1) is 0 Å². The van der Waals surface area contributed by atoms with Crippen LogP contribution in [0.2, 0.25) is 0 Å². The molecule has 0 saturated carbocycles. The van der Waals surface area contributed by atoms with Gasteiger partial charge in [0.05, 0.1) is 10.5 Å². The number of aryl methyl sites for hydroxylation is 2. The van der Waals surface area contributed by atoms with Crippen LogP contribution in [-0.2, 0) is 14.8 Å². The molecule has 1 fully saturated rings. The summed E-state index contributed by atoms with van der Waals surface area (Å²) in [6.45, 7) is 4.29. The highest BCUT2D eigenvalue weighted by atomic mass is 32.2. The molecular weight excluding hydrogens is 292 g/mol. The average molecular weight is 314 g/mol. The predicted molar refractivity (Wildman–Crippen MR) is 80.5 cm³/mol. The Balaban J connectivity index is 2.19. The largest absolute Gasteiger partial charge is 0.399 e. The van der Waals surface area contributed by atoms with Crippen LogP contribution in [0.5, 0.6) is 0 Å². The van der Waals surface area contributed by atoms with E-state index in [-0.39, 0.29) is 11.4 Å². The van der Waals surface area contributed by atoms with Gasteiger partial charge in [-0.3, -0.25) is 0 Å². The lowest BCUT2D eigenvalue weighted by Crippen LogP contribution is -2.46. The first-order valence-electron chi connectivity index (χ1n) is 6.90. The highest BCUT2D eigenvalue weighted by molar-refractivity contribution is 7.89. The normalized spacial score (nSPS) is 18.6. The fourth-order valence-electron chi connectivity index (χ4n) is 2.64. The molecule has 0 unspecified atom stereocenters. The average Bonchev–Trinajstić information content (AvgIpc) is 2.36. The molecule has 1 aliphatic rings. The highest BCUT2D eigenvalue weighted by Gasteiger charge is 2.32. The summed E-state index contributed by atoms with van der Waals surface area (Å²) in [6.07, 6.45) is 0.852. The number of ether oxygens (including phenoxy) is 1. The van der Waals surface area contributed by atoms with Crippen LogP contribution in [0.25, 0.3) is 0 Å². The van der Waals surface area contributed by atoms with E-state index in [9.17, 15) is 13.5 Å². The van der Waals surface area contributed by atoms with Crippen molar-refractivity contribution in [2.24, 2.45) is 0 Å². The molecule has 0 radical (unpaired) electrons. The molecular formula is C14H22N2O4S. The van der Waals surface area contributed by atoms with Gasteiger partial charge in [0.2, 0.25) is 10.0 Å². The van der Waals surface area contributed by atoms with Crippen molar-refractivity contribution in [2.75, 3.05) is 25.5 Å². The van der Waals surface area contributed by atoms with Crippen LogP contribution in [-0.4, -0.2) is 38.9 Å². The lowest BCUT2D eigenvalue weighted by molar-refractivity contribution is -0.0588. The Morgan fingerprint density at radius 1 is 1.29 bits per heavy atom. The van der Waals surface area contributed by atoms with E-state index in [0.29, 0.717) is 42.9 Å². The minimum absolute atomic E-state index is 0.0120. The summed E-state index contributed by atoms with van der Waals surface area (Å²) < 4.78 is 32.6. The van der Waals surface area contributed by atoms with Crippen LogP contribution in [0.1, 0.15) is 24.0 Å². The van der Waals surface area contributed by atoms with Gasteiger partial charge in [0.15, 0.2) is 0 Å². The molecule has 0 aliphatic carbocycles. The lowest BCUT2D eigenvalue weighted by Gasteiger charge is -2.32. The monoisotopic (exact) mass is 314 g/mol. The topological polar surface area (TPSA) is 102 Å². The highest BCUT2D eigenvalue weighted by Crippen LogP contribution is 2.24. The van der Waals surface area contributed by atoms with E-state index in [4.69, 9.17) is 10.5 Å². The molecule has 1 aromatic carbocycles. The van der Waals surface area contributed by atoms with Crippen molar-refractivity contribution < 1.29 is 18.3 Å². The van der Waals surface area contributed by atoms with E-state index in [1.165, 1.54) is 0 Å². The summed E-state index contributed by atoms with van der Waals surface area (Å²) in [7, 11) is -3.68. The van der Waals surface area contributed by atoms with E-state index in [2.05, 4.69) is 4.72 Å². The molecule has 7 heteroatoms. The molecule has 0 bridgehead atoms. The Labute approximate surface area is 125 Å². The van der Waals surface area contributed by atoms with E-state index in [1.807, 2.05) is 0 Å². The van der Waals surface area contributed by atoms with Gasteiger partial charge < -0.3 is 15.6 Å². The Kier molecular flexibility index (Phi) is 4.57.